The minimum absolute atomic E-state index is 0.0673. The van der Waals surface area contributed by atoms with E-state index in [4.69, 9.17) is 0 Å². The molecule has 15 heavy (non-hydrogen) atoms. The van der Waals surface area contributed by atoms with E-state index in [0.717, 1.165) is 32.5 Å². The summed E-state index contributed by atoms with van der Waals surface area (Å²) in [6, 6.07) is 0. The summed E-state index contributed by atoms with van der Waals surface area (Å²) in [6.07, 6.45) is 2.49. The van der Waals surface area contributed by atoms with Crippen LogP contribution in [0.3, 0.4) is 0 Å². The lowest BCUT2D eigenvalue weighted by Crippen LogP contribution is -2.49. The lowest BCUT2D eigenvalue weighted by Gasteiger charge is -2.41. The van der Waals surface area contributed by atoms with Crippen LogP contribution in [0.4, 0.5) is 8.78 Å². The fourth-order valence-corrected chi connectivity index (χ4v) is 3.48. The second kappa shape index (κ2) is 4.79. The van der Waals surface area contributed by atoms with Crippen molar-refractivity contribution < 1.29 is 8.78 Å². The molecule has 0 aromatic rings. The van der Waals surface area contributed by atoms with Crippen molar-refractivity contribution in [3.8, 4) is 0 Å². The van der Waals surface area contributed by atoms with Crippen LogP contribution in [0, 0.1) is 11.8 Å². The molecule has 0 aromatic heterocycles. The molecule has 1 N–H and O–H groups in total. The smallest absolute Gasteiger partial charge is 0.264 e. The van der Waals surface area contributed by atoms with Gasteiger partial charge in [0, 0.05) is 35.3 Å². The van der Waals surface area contributed by atoms with E-state index in [1.165, 1.54) is 0 Å². The van der Waals surface area contributed by atoms with Gasteiger partial charge in [0.2, 0.25) is 0 Å². The third-order valence-corrected chi connectivity index (χ3v) is 4.38. The van der Waals surface area contributed by atoms with Crippen molar-refractivity contribution in [3.05, 3.63) is 0 Å². The van der Waals surface area contributed by atoms with Gasteiger partial charge in [0.25, 0.3) is 5.92 Å². The normalized spacial score (nSPS) is 34.2. The van der Waals surface area contributed by atoms with Crippen LogP contribution in [0.15, 0.2) is 0 Å². The molecule has 0 amide bonds. The third-order valence-electron chi connectivity index (χ3n) is 3.56. The maximum atomic E-state index is 13.8. The summed E-state index contributed by atoms with van der Waals surface area (Å²) in [6.45, 7) is 2.56. The molecular weight excluding hydrogens is 313 g/mol. The van der Waals surface area contributed by atoms with Gasteiger partial charge < -0.3 is 5.32 Å². The first-order valence-electron chi connectivity index (χ1n) is 5.59. The zero-order valence-corrected chi connectivity index (χ0v) is 10.8. The van der Waals surface area contributed by atoms with Crippen LogP contribution >= 0.6 is 22.9 Å². The number of rotatable bonds is 1. The molecule has 2 saturated heterocycles. The molecule has 1 atom stereocenters. The van der Waals surface area contributed by atoms with Crippen molar-refractivity contribution in [3.63, 3.8) is 0 Å². The van der Waals surface area contributed by atoms with Gasteiger partial charge in [-0.1, -0.05) is 0 Å². The van der Waals surface area contributed by atoms with E-state index in [-0.39, 0.29) is 18.4 Å². The SMILES string of the molecule is FC1(F)CN(I)CCC1C1CCNCC1. The Morgan fingerprint density at radius 3 is 2.47 bits per heavy atom. The monoisotopic (exact) mass is 330 g/mol. The second-order valence-corrected chi connectivity index (χ2v) is 5.95. The van der Waals surface area contributed by atoms with Crippen LogP contribution in [0.5, 0.6) is 0 Å². The zero-order valence-electron chi connectivity index (χ0n) is 8.69. The summed E-state index contributed by atoms with van der Waals surface area (Å²) >= 11 is 2.00. The highest BCUT2D eigenvalue weighted by Crippen LogP contribution is 2.41. The molecule has 2 nitrogen and oxygen atoms in total. The molecule has 2 heterocycles. The van der Waals surface area contributed by atoms with E-state index in [9.17, 15) is 8.78 Å². The first kappa shape index (κ1) is 12.0. The zero-order chi connectivity index (χ0) is 10.9. The number of hydrogen-bond donors (Lipinski definition) is 1. The van der Waals surface area contributed by atoms with E-state index in [2.05, 4.69) is 5.32 Å². The molecule has 88 valence electrons. The molecule has 2 aliphatic rings. The summed E-state index contributed by atoms with van der Waals surface area (Å²) in [4.78, 5) is 0. The first-order chi connectivity index (χ1) is 7.09. The van der Waals surface area contributed by atoms with Crippen molar-refractivity contribution >= 4 is 22.9 Å². The number of nitrogens with one attached hydrogen (secondary N) is 1. The van der Waals surface area contributed by atoms with Crippen LogP contribution in [0.2, 0.25) is 0 Å². The second-order valence-electron chi connectivity index (χ2n) is 4.59. The first-order valence-corrected chi connectivity index (χ1v) is 6.55. The largest absolute Gasteiger partial charge is 0.317 e. The highest BCUT2D eigenvalue weighted by molar-refractivity contribution is 14.1. The van der Waals surface area contributed by atoms with Gasteiger partial charge in [0.15, 0.2) is 0 Å². The lowest BCUT2D eigenvalue weighted by atomic mass is 9.77. The lowest BCUT2D eigenvalue weighted by molar-refractivity contribution is -0.112. The number of piperidine rings is 2. The average molecular weight is 330 g/mol. The Bertz CT molecular complexity index is 219. The van der Waals surface area contributed by atoms with Gasteiger partial charge in [-0.2, -0.15) is 0 Å². The summed E-state index contributed by atoms with van der Waals surface area (Å²) in [5.41, 5.74) is 0. The molecule has 0 bridgehead atoms. The van der Waals surface area contributed by atoms with Crippen LogP contribution < -0.4 is 5.32 Å². The molecule has 2 fully saturated rings. The Morgan fingerprint density at radius 1 is 1.20 bits per heavy atom. The minimum Gasteiger partial charge on any atom is -0.317 e. The highest BCUT2D eigenvalue weighted by Gasteiger charge is 2.47. The molecule has 0 saturated carbocycles. The highest BCUT2D eigenvalue weighted by atomic mass is 127. The van der Waals surface area contributed by atoms with Crippen LogP contribution in [-0.4, -0.2) is 35.2 Å². The molecular formula is C10H17F2IN2. The summed E-state index contributed by atoms with van der Waals surface area (Å²) in [5.74, 6) is -2.64. The molecule has 2 rings (SSSR count). The van der Waals surface area contributed by atoms with Gasteiger partial charge in [-0.25, -0.2) is 11.9 Å². The molecule has 0 aromatic carbocycles. The Hall–Kier alpha value is 0.510. The van der Waals surface area contributed by atoms with Crippen molar-refractivity contribution in [1.29, 1.82) is 0 Å². The summed E-state index contributed by atoms with van der Waals surface area (Å²) < 4.78 is 29.4. The standard InChI is InChI=1S/C10H17F2IN2/c11-10(12)7-15(13)6-3-9(10)8-1-4-14-5-2-8/h8-9,14H,1-7H2. The van der Waals surface area contributed by atoms with Crippen molar-refractivity contribution in [2.24, 2.45) is 11.8 Å². The molecule has 1 unspecified atom stereocenters. The van der Waals surface area contributed by atoms with Gasteiger partial charge in [-0.05, 0) is 38.3 Å². The minimum atomic E-state index is -2.48. The number of hydrogen-bond acceptors (Lipinski definition) is 2. The maximum absolute atomic E-state index is 13.8. The molecule has 0 aliphatic carbocycles. The van der Waals surface area contributed by atoms with Crippen molar-refractivity contribution in [2.75, 3.05) is 26.2 Å². The Labute approximate surface area is 103 Å². The fourth-order valence-electron chi connectivity index (χ4n) is 2.74. The van der Waals surface area contributed by atoms with Crippen LogP contribution in [0.1, 0.15) is 19.3 Å². The molecule has 0 spiro atoms. The van der Waals surface area contributed by atoms with Crippen LogP contribution in [-0.2, 0) is 0 Å². The summed E-state index contributed by atoms with van der Waals surface area (Å²) in [7, 11) is 0. The Balaban J connectivity index is 2.00. The third kappa shape index (κ3) is 2.79. The predicted molar refractivity (Wildman–Crippen MR) is 64.2 cm³/mol. The van der Waals surface area contributed by atoms with Gasteiger partial charge in [0.1, 0.15) is 0 Å². The fraction of sp³-hybridized carbons (Fsp3) is 1.00. The van der Waals surface area contributed by atoms with E-state index in [1.54, 1.807) is 3.11 Å². The number of alkyl halides is 2. The van der Waals surface area contributed by atoms with E-state index in [0.29, 0.717) is 6.42 Å². The molecule has 2 aliphatic heterocycles. The Morgan fingerprint density at radius 2 is 1.87 bits per heavy atom. The molecule has 0 radical (unpaired) electrons. The van der Waals surface area contributed by atoms with Crippen LogP contribution in [0.25, 0.3) is 0 Å². The molecule has 5 heteroatoms. The maximum Gasteiger partial charge on any atom is 0.264 e. The van der Waals surface area contributed by atoms with E-state index in [1.807, 2.05) is 22.9 Å². The van der Waals surface area contributed by atoms with Crippen molar-refractivity contribution in [2.45, 2.75) is 25.2 Å². The van der Waals surface area contributed by atoms with E-state index < -0.39 is 5.92 Å². The average Bonchev–Trinajstić information content (AvgIpc) is 2.17. The van der Waals surface area contributed by atoms with Crippen molar-refractivity contribution in [1.82, 2.24) is 8.43 Å². The van der Waals surface area contributed by atoms with Gasteiger partial charge in [-0.15, -0.1) is 0 Å². The van der Waals surface area contributed by atoms with Gasteiger partial charge in [0.05, 0.1) is 6.54 Å². The quantitative estimate of drug-likeness (QED) is 0.586. The van der Waals surface area contributed by atoms with E-state index >= 15 is 0 Å². The predicted octanol–water partition coefficient (Wildman–Crippen LogP) is 2.29. The van der Waals surface area contributed by atoms with Gasteiger partial charge >= 0.3 is 0 Å². The number of nitrogens with zero attached hydrogens (tertiary/aromatic N) is 1. The topological polar surface area (TPSA) is 15.3 Å². The summed E-state index contributed by atoms with van der Waals surface area (Å²) in [5, 5.41) is 3.23. The number of halogens is 3. The van der Waals surface area contributed by atoms with Gasteiger partial charge in [-0.3, -0.25) is 0 Å². The Kier molecular flexibility index (Phi) is 3.83.